The first kappa shape index (κ1) is 15.7. The first-order chi connectivity index (χ1) is 10.2. The van der Waals surface area contributed by atoms with Crippen molar-refractivity contribution in [3.63, 3.8) is 0 Å². The highest BCUT2D eigenvalue weighted by atomic mass is 16.5. The summed E-state index contributed by atoms with van der Waals surface area (Å²) in [6, 6.07) is 14.2. The topological polar surface area (TPSA) is 48.1 Å². The van der Waals surface area contributed by atoms with E-state index in [1.54, 1.807) is 0 Å². The predicted octanol–water partition coefficient (Wildman–Crippen LogP) is 3.43. The van der Waals surface area contributed by atoms with Crippen LogP contribution in [0.1, 0.15) is 36.3 Å². The predicted molar refractivity (Wildman–Crippen MR) is 86.1 cm³/mol. The summed E-state index contributed by atoms with van der Waals surface area (Å²) in [5, 5.41) is 0. The van der Waals surface area contributed by atoms with E-state index in [1.807, 2.05) is 36.5 Å². The number of pyridine rings is 1. The lowest BCUT2D eigenvalue weighted by atomic mass is 9.97. The van der Waals surface area contributed by atoms with Gasteiger partial charge in [0.1, 0.15) is 0 Å². The Balaban J connectivity index is 2.02. The SMILES string of the molecule is CCC(N)C(OCCc1ccccn1)c1ccccc1C. The zero-order chi connectivity index (χ0) is 15.1. The summed E-state index contributed by atoms with van der Waals surface area (Å²) in [4.78, 5) is 4.32. The van der Waals surface area contributed by atoms with Gasteiger partial charge >= 0.3 is 0 Å². The van der Waals surface area contributed by atoms with Crippen LogP contribution in [0.25, 0.3) is 0 Å². The van der Waals surface area contributed by atoms with Crippen LogP contribution in [0.2, 0.25) is 0 Å². The number of hydrogen-bond acceptors (Lipinski definition) is 3. The van der Waals surface area contributed by atoms with Crippen LogP contribution < -0.4 is 5.73 Å². The van der Waals surface area contributed by atoms with Gasteiger partial charge in [0.25, 0.3) is 0 Å². The van der Waals surface area contributed by atoms with Crippen LogP contribution in [0, 0.1) is 6.92 Å². The first-order valence-corrected chi connectivity index (χ1v) is 7.55. The van der Waals surface area contributed by atoms with Gasteiger partial charge in [0, 0.05) is 24.4 Å². The molecular weight excluding hydrogens is 260 g/mol. The zero-order valence-corrected chi connectivity index (χ0v) is 12.8. The third kappa shape index (κ3) is 4.38. The number of aromatic nitrogens is 1. The van der Waals surface area contributed by atoms with Crippen molar-refractivity contribution in [2.75, 3.05) is 6.61 Å². The maximum atomic E-state index is 6.26. The Bertz CT molecular complexity index is 542. The zero-order valence-electron chi connectivity index (χ0n) is 12.8. The minimum absolute atomic E-state index is 0.00910. The van der Waals surface area contributed by atoms with Crippen LogP contribution in [0.15, 0.2) is 48.7 Å². The summed E-state index contributed by atoms with van der Waals surface area (Å²) in [7, 11) is 0. The van der Waals surface area contributed by atoms with E-state index in [1.165, 1.54) is 11.1 Å². The summed E-state index contributed by atoms with van der Waals surface area (Å²) < 4.78 is 6.10. The largest absolute Gasteiger partial charge is 0.371 e. The molecule has 1 heterocycles. The second kappa shape index (κ2) is 7.91. The number of aryl methyl sites for hydroxylation is 1. The van der Waals surface area contributed by atoms with Crippen molar-refractivity contribution in [3.05, 3.63) is 65.5 Å². The van der Waals surface area contributed by atoms with Gasteiger partial charge in [0.15, 0.2) is 0 Å². The van der Waals surface area contributed by atoms with E-state index in [2.05, 4.69) is 31.0 Å². The molecular formula is C18H24N2O. The van der Waals surface area contributed by atoms with Crippen molar-refractivity contribution >= 4 is 0 Å². The molecule has 2 rings (SSSR count). The Hall–Kier alpha value is -1.71. The Labute approximate surface area is 127 Å². The molecule has 0 spiro atoms. The van der Waals surface area contributed by atoms with Gasteiger partial charge in [-0.25, -0.2) is 0 Å². The summed E-state index contributed by atoms with van der Waals surface area (Å²) >= 11 is 0. The normalized spacial score (nSPS) is 13.9. The molecule has 2 unspecified atom stereocenters. The molecule has 3 heteroatoms. The van der Waals surface area contributed by atoms with Crippen molar-refractivity contribution in [2.24, 2.45) is 5.73 Å². The van der Waals surface area contributed by atoms with Gasteiger partial charge in [-0.1, -0.05) is 37.3 Å². The number of hydrogen-bond donors (Lipinski definition) is 1. The molecule has 0 amide bonds. The minimum atomic E-state index is -0.0556. The fourth-order valence-corrected chi connectivity index (χ4v) is 2.40. The van der Waals surface area contributed by atoms with Crippen LogP contribution >= 0.6 is 0 Å². The molecule has 0 aliphatic carbocycles. The monoisotopic (exact) mass is 284 g/mol. The van der Waals surface area contributed by atoms with Crippen molar-refractivity contribution in [1.82, 2.24) is 4.98 Å². The molecule has 0 radical (unpaired) electrons. The number of rotatable bonds is 7. The fraction of sp³-hybridized carbons (Fsp3) is 0.389. The van der Waals surface area contributed by atoms with Gasteiger partial charge < -0.3 is 10.5 Å². The summed E-state index contributed by atoms with van der Waals surface area (Å²) in [5.74, 6) is 0. The molecule has 2 atom stereocenters. The molecule has 112 valence electrons. The van der Waals surface area contributed by atoms with Crippen molar-refractivity contribution < 1.29 is 4.74 Å². The third-order valence-corrected chi connectivity index (χ3v) is 3.74. The molecule has 0 saturated heterocycles. The van der Waals surface area contributed by atoms with E-state index >= 15 is 0 Å². The van der Waals surface area contributed by atoms with Gasteiger partial charge in [0.05, 0.1) is 12.7 Å². The lowest BCUT2D eigenvalue weighted by Gasteiger charge is -2.25. The van der Waals surface area contributed by atoms with Crippen molar-refractivity contribution in [1.29, 1.82) is 0 Å². The molecule has 2 N–H and O–H groups in total. The number of benzene rings is 1. The number of nitrogens with two attached hydrogens (primary N) is 1. The van der Waals surface area contributed by atoms with Crippen LogP contribution in [-0.2, 0) is 11.2 Å². The van der Waals surface area contributed by atoms with E-state index in [0.29, 0.717) is 6.61 Å². The van der Waals surface area contributed by atoms with Gasteiger partial charge in [0.2, 0.25) is 0 Å². The molecule has 0 bridgehead atoms. The summed E-state index contributed by atoms with van der Waals surface area (Å²) in [5.41, 5.74) is 9.72. The van der Waals surface area contributed by atoms with Gasteiger partial charge in [-0.3, -0.25) is 4.98 Å². The first-order valence-electron chi connectivity index (χ1n) is 7.55. The van der Waals surface area contributed by atoms with Gasteiger partial charge in [-0.15, -0.1) is 0 Å². The van der Waals surface area contributed by atoms with E-state index in [9.17, 15) is 0 Å². The maximum absolute atomic E-state index is 6.26. The summed E-state index contributed by atoms with van der Waals surface area (Å²) in [6.07, 6.45) is 3.45. The van der Waals surface area contributed by atoms with Crippen LogP contribution in [0.5, 0.6) is 0 Å². The fourth-order valence-electron chi connectivity index (χ4n) is 2.40. The second-order valence-electron chi connectivity index (χ2n) is 5.29. The van der Waals surface area contributed by atoms with Crippen molar-refractivity contribution in [2.45, 2.75) is 38.8 Å². The molecule has 21 heavy (non-hydrogen) atoms. The maximum Gasteiger partial charge on any atom is 0.0978 e. The molecule has 0 aliphatic rings. The molecule has 2 aromatic rings. The molecule has 1 aromatic heterocycles. The highest BCUT2D eigenvalue weighted by Gasteiger charge is 2.20. The second-order valence-corrected chi connectivity index (χ2v) is 5.29. The highest BCUT2D eigenvalue weighted by molar-refractivity contribution is 5.28. The summed E-state index contributed by atoms with van der Waals surface area (Å²) in [6.45, 7) is 4.83. The van der Waals surface area contributed by atoms with Gasteiger partial charge in [-0.2, -0.15) is 0 Å². The average Bonchev–Trinajstić information content (AvgIpc) is 2.53. The van der Waals surface area contributed by atoms with Crippen LogP contribution in [0.3, 0.4) is 0 Å². The van der Waals surface area contributed by atoms with E-state index in [0.717, 1.165) is 18.5 Å². The van der Waals surface area contributed by atoms with E-state index < -0.39 is 0 Å². The van der Waals surface area contributed by atoms with Gasteiger partial charge in [-0.05, 0) is 36.6 Å². The third-order valence-electron chi connectivity index (χ3n) is 3.74. The number of nitrogens with zero attached hydrogens (tertiary/aromatic N) is 1. The Morgan fingerprint density at radius 1 is 1.14 bits per heavy atom. The standard InChI is InChI=1S/C18H24N2O/c1-3-17(19)18(16-10-5-4-8-14(16)2)21-13-11-15-9-6-7-12-20-15/h4-10,12,17-18H,3,11,13,19H2,1-2H3. The quantitative estimate of drug-likeness (QED) is 0.847. The van der Waals surface area contributed by atoms with E-state index in [4.69, 9.17) is 10.5 Å². The average molecular weight is 284 g/mol. The minimum Gasteiger partial charge on any atom is -0.371 e. The Kier molecular flexibility index (Phi) is 5.90. The highest BCUT2D eigenvalue weighted by Crippen LogP contribution is 2.25. The lowest BCUT2D eigenvalue weighted by Crippen LogP contribution is -2.30. The molecule has 3 nitrogen and oxygen atoms in total. The molecule has 0 fully saturated rings. The van der Waals surface area contributed by atoms with Crippen LogP contribution in [0.4, 0.5) is 0 Å². The van der Waals surface area contributed by atoms with E-state index in [-0.39, 0.29) is 12.1 Å². The van der Waals surface area contributed by atoms with Crippen molar-refractivity contribution in [3.8, 4) is 0 Å². The molecule has 1 aromatic carbocycles. The Morgan fingerprint density at radius 3 is 2.57 bits per heavy atom. The Morgan fingerprint density at radius 2 is 1.90 bits per heavy atom. The van der Waals surface area contributed by atoms with Crippen LogP contribution in [-0.4, -0.2) is 17.6 Å². The number of ether oxygens (including phenoxy) is 1. The molecule has 0 aliphatic heterocycles. The lowest BCUT2D eigenvalue weighted by molar-refractivity contribution is 0.0347. The smallest absolute Gasteiger partial charge is 0.0978 e. The molecule has 0 saturated carbocycles.